The zero-order chi connectivity index (χ0) is 9.97. The van der Waals surface area contributed by atoms with Crippen molar-refractivity contribution in [1.82, 2.24) is 4.98 Å². The number of thioether (sulfide) groups is 1. The van der Waals surface area contributed by atoms with Gasteiger partial charge in [-0.25, -0.2) is 4.98 Å². The largest absolute Gasteiger partial charge is 0.382 e. The van der Waals surface area contributed by atoms with Crippen molar-refractivity contribution in [2.45, 2.75) is 11.7 Å². The first kappa shape index (κ1) is 9.65. The van der Waals surface area contributed by atoms with E-state index >= 15 is 0 Å². The van der Waals surface area contributed by atoms with Gasteiger partial charge in [0.25, 0.3) is 0 Å². The van der Waals surface area contributed by atoms with Crippen LogP contribution in [-0.2, 0) is 0 Å². The molecule has 1 atom stereocenters. The molecular weight excluding hydrogens is 194 g/mol. The zero-order valence-corrected chi connectivity index (χ0v) is 9.13. The Hall–Kier alpha value is -0.900. The Labute approximate surface area is 88.7 Å². The highest BCUT2D eigenvalue weighted by Crippen LogP contribution is 2.28. The van der Waals surface area contributed by atoms with Gasteiger partial charge in [0.2, 0.25) is 0 Å². The van der Waals surface area contributed by atoms with Gasteiger partial charge in [0.1, 0.15) is 5.82 Å². The molecule has 1 aliphatic heterocycles. The van der Waals surface area contributed by atoms with Gasteiger partial charge < -0.3 is 10.6 Å². The van der Waals surface area contributed by atoms with Crippen molar-refractivity contribution in [3.63, 3.8) is 0 Å². The number of rotatable bonds is 2. The van der Waals surface area contributed by atoms with Gasteiger partial charge >= 0.3 is 0 Å². The number of nitrogens with two attached hydrogens (primary N) is 1. The SMILES string of the molecule is CSC1CCN(c2cccnc2N)C1. The highest BCUT2D eigenvalue weighted by Gasteiger charge is 2.22. The first-order chi connectivity index (χ1) is 6.81. The lowest BCUT2D eigenvalue weighted by Crippen LogP contribution is -2.21. The second-order valence-electron chi connectivity index (χ2n) is 3.50. The molecule has 0 amide bonds. The minimum Gasteiger partial charge on any atom is -0.382 e. The van der Waals surface area contributed by atoms with E-state index in [0.717, 1.165) is 24.0 Å². The van der Waals surface area contributed by atoms with Crippen LogP contribution in [0.4, 0.5) is 11.5 Å². The molecule has 14 heavy (non-hydrogen) atoms. The van der Waals surface area contributed by atoms with Crippen LogP contribution in [0.2, 0.25) is 0 Å². The highest BCUT2D eigenvalue weighted by molar-refractivity contribution is 7.99. The summed E-state index contributed by atoms with van der Waals surface area (Å²) in [6, 6.07) is 3.99. The third-order valence-corrected chi connectivity index (χ3v) is 3.69. The topological polar surface area (TPSA) is 42.2 Å². The fraction of sp³-hybridized carbons (Fsp3) is 0.500. The molecule has 1 aliphatic rings. The van der Waals surface area contributed by atoms with Gasteiger partial charge in [-0.3, -0.25) is 0 Å². The van der Waals surface area contributed by atoms with Gasteiger partial charge in [-0.1, -0.05) is 0 Å². The fourth-order valence-electron chi connectivity index (χ4n) is 1.82. The van der Waals surface area contributed by atoms with Gasteiger partial charge in [0.05, 0.1) is 5.69 Å². The number of nitrogen functional groups attached to an aromatic ring is 1. The van der Waals surface area contributed by atoms with E-state index in [1.54, 1.807) is 6.20 Å². The van der Waals surface area contributed by atoms with Crippen LogP contribution in [0.1, 0.15) is 6.42 Å². The monoisotopic (exact) mass is 209 g/mol. The van der Waals surface area contributed by atoms with E-state index in [9.17, 15) is 0 Å². The van der Waals surface area contributed by atoms with Crippen LogP contribution in [0, 0.1) is 0 Å². The molecule has 2 heterocycles. The number of aromatic nitrogens is 1. The summed E-state index contributed by atoms with van der Waals surface area (Å²) in [7, 11) is 0. The van der Waals surface area contributed by atoms with Gasteiger partial charge in [0, 0.05) is 24.5 Å². The molecule has 0 spiro atoms. The van der Waals surface area contributed by atoms with E-state index in [2.05, 4.69) is 16.1 Å². The van der Waals surface area contributed by atoms with Crippen LogP contribution in [-0.4, -0.2) is 29.6 Å². The molecule has 0 bridgehead atoms. The normalized spacial score (nSPS) is 21.5. The Kier molecular flexibility index (Phi) is 2.82. The van der Waals surface area contributed by atoms with E-state index in [0.29, 0.717) is 5.82 Å². The van der Waals surface area contributed by atoms with E-state index in [4.69, 9.17) is 5.73 Å². The predicted molar refractivity (Wildman–Crippen MR) is 62.8 cm³/mol. The van der Waals surface area contributed by atoms with E-state index < -0.39 is 0 Å². The quantitative estimate of drug-likeness (QED) is 0.803. The lowest BCUT2D eigenvalue weighted by atomic mass is 10.3. The van der Waals surface area contributed by atoms with E-state index in [-0.39, 0.29) is 0 Å². The van der Waals surface area contributed by atoms with Crippen LogP contribution in [0.3, 0.4) is 0 Å². The molecule has 0 aliphatic carbocycles. The highest BCUT2D eigenvalue weighted by atomic mass is 32.2. The Morgan fingerprint density at radius 3 is 3.14 bits per heavy atom. The van der Waals surface area contributed by atoms with Gasteiger partial charge in [-0.05, 0) is 24.8 Å². The summed E-state index contributed by atoms with van der Waals surface area (Å²) in [6.45, 7) is 2.19. The van der Waals surface area contributed by atoms with Crippen molar-refractivity contribution in [3.05, 3.63) is 18.3 Å². The molecule has 2 rings (SSSR count). The zero-order valence-electron chi connectivity index (χ0n) is 8.31. The van der Waals surface area contributed by atoms with Gasteiger partial charge in [0.15, 0.2) is 0 Å². The van der Waals surface area contributed by atoms with Crippen molar-refractivity contribution in [3.8, 4) is 0 Å². The second kappa shape index (κ2) is 4.09. The Balaban J connectivity index is 2.13. The summed E-state index contributed by atoms with van der Waals surface area (Å²) in [5.74, 6) is 0.647. The third kappa shape index (κ3) is 1.80. The summed E-state index contributed by atoms with van der Waals surface area (Å²) in [4.78, 5) is 6.43. The second-order valence-corrected chi connectivity index (χ2v) is 4.64. The molecule has 76 valence electrons. The van der Waals surface area contributed by atoms with Crippen LogP contribution >= 0.6 is 11.8 Å². The maximum Gasteiger partial charge on any atom is 0.146 e. The average molecular weight is 209 g/mol. The lowest BCUT2D eigenvalue weighted by Gasteiger charge is -2.19. The van der Waals surface area contributed by atoms with Crippen molar-refractivity contribution in [2.24, 2.45) is 0 Å². The first-order valence-electron chi connectivity index (χ1n) is 4.79. The van der Waals surface area contributed by atoms with Gasteiger partial charge in [-0.2, -0.15) is 11.8 Å². The first-order valence-corrected chi connectivity index (χ1v) is 6.08. The van der Waals surface area contributed by atoms with Crippen molar-refractivity contribution < 1.29 is 0 Å². The summed E-state index contributed by atoms with van der Waals surface area (Å²) in [5.41, 5.74) is 6.91. The molecule has 1 saturated heterocycles. The molecule has 0 saturated carbocycles. The molecule has 1 aromatic heterocycles. The summed E-state index contributed by atoms with van der Waals surface area (Å²) in [5, 5.41) is 0.745. The molecule has 3 nitrogen and oxygen atoms in total. The van der Waals surface area contributed by atoms with Crippen LogP contribution in [0.5, 0.6) is 0 Å². The molecule has 1 unspecified atom stereocenters. The van der Waals surface area contributed by atoms with Crippen LogP contribution < -0.4 is 10.6 Å². The van der Waals surface area contributed by atoms with Crippen molar-refractivity contribution in [1.29, 1.82) is 0 Å². The molecule has 4 heteroatoms. The lowest BCUT2D eigenvalue weighted by molar-refractivity contribution is 0.963. The number of pyridine rings is 1. The smallest absolute Gasteiger partial charge is 0.146 e. The molecule has 2 N–H and O–H groups in total. The molecule has 1 fully saturated rings. The maximum atomic E-state index is 5.83. The maximum absolute atomic E-state index is 5.83. The van der Waals surface area contributed by atoms with Gasteiger partial charge in [-0.15, -0.1) is 0 Å². The summed E-state index contributed by atoms with van der Waals surface area (Å²) in [6.07, 6.45) is 5.15. The van der Waals surface area contributed by atoms with Crippen LogP contribution in [0.15, 0.2) is 18.3 Å². The molecule has 1 aromatic rings. The minimum atomic E-state index is 0.647. The number of anilines is 2. The van der Waals surface area contributed by atoms with Crippen LogP contribution in [0.25, 0.3) is 0 Å². The average Bonchev–Trinajstić information content (AvgIpc) is 2.67. The molecular formula is C10H15N3S. The Bertz CT molecular complexity index is 316. The predicted octanol–water partition coefficient (Wildman–Crippen LogP) is 1.61. The third-order valence-electron chi connectivity index (χ3n) is 2.64. The summed E-state index contributed by atoms with van der Waals surface area (Å²) >= 11 is 1.93. The van der Waals surface area contributed by atoms with Crippen molar-refractivity contribution >= 4 is 23.3 Å². The Morgan fingerprint density at radius 1 is 1.64 bits per heavy atom. The minimum absolute atomic E-state index is 0.647. The molecule has 0 aromatic carbocycles. The number of hydrogen-bond donors (Lipinski definition) is 1. The van der Waals surface area contributed by atoms with E-state index in [1.165, 1.54) is 6.42 Å². The van der Waals surface area contributed by atoms with E-state index in [1.807, 2.05) is 23.9 Å². The molecule has 0 radical (unpaired) electrons. The fourth-order valence-corrected chi connectivity index (χ4v) is 2.49. The standard InChI is InChI=1S/C10H15N3S/c1-14-8-4-6-13(7-8)9-3-2-5-12-10(9)11/h2-3,5,8H,4,6-7H2,1H3,(H2,11,12). The Morgan fingerprint density at radius 2 is 2.50 bits per heavy atom. The number of nitrogens with zero attached hydrogens (tertiary/aromatic N) is 2. The summed E-state index contributed by atoms with van der Waals surface area (Å²) < 4.78 is 0. The number of hydrogen-bond acceptors (Lipinski definition) is 4. The van der Waals surface area contributed by atoms with Crippen molar-refractivity contribution in [2.75, 3.05) is 30.0 Å².